The van der Waals surface area contributed by atoms with Gasteiger partial charge in [0.25, 0.3) is 0 Å². The first-order valence-corrected chi connectivity index (χ1v) is 8.73. The molecule has 9 nitrogen and oxygen atoms in total. The molecule has 2 heterocycles. The van der Waals surface area contributed by atoms with Gasteiger partial charge in [0, 0.05) is 13.1 Å². The van der Waals surface area contributed by atoms with Crippen molar-refractivity contribution >= 4 is 23.7 Å². The molecule has 2 rings (SSSR count). The lowest BCUT2D eigenvalue weighted by Gasteiger charge is -2.30. The molecule has 0 saturated carbocycles. The molecule has 2 aliphatic rings. The number of esters is 1. The minimum atomic E-state index is -0.614. The highest BCUT2D eigenvalue weighted by Gasteiger charge is 2.41. The third-order valence-corrected chi connectivity index (χ3v) is 4.58. The number of hydrogen-bond acceptors (Lipinski definition) is 6. The van der Waals surface area contributed by atoms with E-state index in [0.29, 0.717) is 32.4 Å². The van der Waals surface area contributed by atoms with Gasteiger partial charge in [0.1, 0.15) is 18.6 Å². The van der Waals surface area contributed by atoms with E-state index in [9.17, 15) is 19.2 Å². The van der Waals surface area contributed by atoms with Gasteiger partial charge >= 0.3 is 5.97 Å². The fraction of sp³-hybridized carbons (Fsp3) is 0.750. The quantitative estimate of drug-likeness (QED) is 0.566. The number of carbonyl (C=O) groups excluding carboxylic acids is 4. The van der Waals surface area contributed by atoms with Crippen LogP contribution in [-0.4, -0.2) is 78.4 Å². The maximum Gasteiger partial charge on any atom is 0.325 e. The van der Waals surface area contributed by atoms with Crippen LogP contribution in [0.1, 0.15) is 32.6 Å². The summed E-state index contributed by atoms with van der Waals surface area (Å²) in [6.07, 6.45) is 2.58. The first kappa shape index (κ1) is 19.2. The van der Waals surface area contributed by atoms with E-state index in [0.717, 1.165) is 6.42 Å². The zero-order valence-corrected chi connectivity index (χ0v) is 14.5. The molecule has 2 aliphatic heterocycles. The molecule has 0 aromatic rings. The molecule has 3 amide bonds. The molecule has 0 aromatic carbocycles. The summed E-state index contributed by atoms with van der Waals surface area (Å²) in [7, 11) is 0. The lowest BCUT2D eigenvalue weighted by molar-refractivity contribution is -0.147. The summed E-state index contributed by atoms with van der Waals surface area (Å²) < 4.78 is 4.77. The summed E-state index contributed by atoms with van der Waals surface area (Å²) in [6, 6.07) is -1.16. The highest BCUT2D eigenvalue weighted by Crippen LogP contribution is 2.24. The van der Waals surface area contributed by atoms with Crippen LogP contribution in [0.25, 0.3) is 0 Å². The number of amides is 3. The average Bonchev–Trinajstić information content (AvgIpc) is 3.27. The van der Waals surface area contributed by atoms with Crippen LogP contribution in [0.5, 0.6) is 0 Å². The van der Waals surface area contributed by atoms with Crippen LogP contribution in [0.4, 0.5) is 0 Å². The van der Waals surface area contributed by atoms with Crippen molar-refractivity contribution in [3.05, 3.63) is 0 Å². The summed E-state index contributed by atoms with van der Waals surface area (Å²) >= 11 is 0. The molecule has 0 aliphatic carbocycles. The number of carbonyl (C=O) groups is 4. The van der Waals surface area contributed by atoms with Gasteiger partial charge in [-0.25, -0.2) is 0 Å². The smallest absolute Gasteiger partial charge is 0.325 e. The van der Waals surface area contributed by atoms with Crippen LogP contribution >= 0.6 is 0 Å². The topological polar surface area (TPSA) is 122 Å². The first-order valence-electron chi connectivity index (χ1n) is 8.73. The molecule has 25 heavy (non-hydrogen) atoms. The van der Waals surface area contributed by atoms with Gasteiger partial charge in [0.15, 0.2) is 0 Å². The van der Waals surface area contributed by atoms with E-state index in [1.54, 1.807) is 6.92 Å². The van der Waals surface area contributed by atoms with E-state index in [1.807, 2.05) is 0 Å². The zero-order valence-electron chi connectivity index (χ0n) is 14.5. The maximum absolute atomic E-state index is 12.9. The van der Waals surface area contributed by atoms with Gasteiger partial charge in [-0.15, -0.1) is 0 Å². The Morgan fingerprint density at radius 2 is 1.72 bits per heavy atom. The number of nitrogens with two attached hydrogens (primary N) is 1. The van der Waals surface area contributed by atoms with Crippen molar-refractivity contribution in [2.45, 2.75) is 44.7 Å². The van der Waals surface area contributed by atoms with Crippen molar-refractivity contribution in [2.24, 2.45) is 5.73 Å². The summed E-state index contributed by atoms with van der Waals surface area (Å²) in [6.45, 7) is 2.57. The second kappa shape index (κ2) is 8.80. The standard InChI is InChI=1S/C16H26N4O5/c1-2-25-14(22)10-18-15(23)11-5-3-8-20(11)16(24)12-6-4-7-19(12)13(21)9-17/h11-12H,2-10,17H2,1H3,(H,18,23)/t11-,12-/m0/s1. The van der Waals surface area contributed by atoms with Crippen LogP contribution in [0.15, 0.2) is 0 Å². The minimum Gasteiger partial charge on any atom is -0.465 e. The van der Waals surface area contributed by atoms with Gasteiger partial charge in [0.2, 0.25) is 17.7 Å². The summed E-state index contributed by atoms with van der Waals surface area (Å²) in [5, 5.41) is 2.52. The van der Waals surface area contributed by atoms with Crippen molar-refractivity contribution in [2.75, 3.05) is 32.8 Å². The van der Waals surface area contributed by atoms with Gasteiger partial charge in [-0.3, -0.25) is 19.2 Å². The average molecular weight is 354 g/mol. The number of nitrogens with zero attached hydrogens (tertiary/aromatic N) is 2. The van der Waals surface area contributed by atoms with Gasteiger partial charge < -0.3 is 25.6 Å². The predicted octanol–water partition coefficient (Wildman–Crippen LogP) is -1.39. The van der Waals surface area contributed by atoms with Gasteiger partial charge in [-0.05, 0) is 32.6 Å². The minimum absolute atomic E-state index is 0.132. The lowest BCUT2D eigenvalue weighted by atomic mass is 10.1. The van der Waals surface area contributed by atoms with E-state index in [2.05, 4.69) is 5.32 Å². The molecule has 0 aromatic heterocycles. The molecule has 0 unspecified atom stereocenters. The SMILES string of the molecule is CCOC(=O)CNC(=O)[C@@H]1CCCN1C(=O)[C@@H]1CCCN1C(=O)CN. The normalized spacial score (nSPS) is 22.8. The third kappa shape index (κ3) is 4.47. The van der Waals surface area contributed by atoms with Crippen LogP contribution < -0.4 is 11.1 Å². The monoisotopic (exact) mass is 354 g/mol. The Hall–Kier alpha value is -2.16. The molecule has 0 bridgehead atoms. The Morgan fingerprint density at radius 3 is 2.36 bits per heavy atom. The number of likely N-dealkylation sites (tertiary alicyclic amines) is 2. The second-order valence-electron chi connectivity index (χ2n) is 6.16. The molecule has 0 spiro atoms. The molecule has 9 heteroatoms. The Kier molecular flexibility index (Phi) is 6.74. The largest absolute Gasteiger partial charge is 0.465 e. The van der Waals surface area contributed by atoms with E-state index in [-0.39, 0.29) is 37.4 Å². The molecular weight excluding hydrogens is 328 g/mol. The second-order valence-corrected chi connectivity index (χ2v) is 6.16. The van der Waals surface area contributed by atoms with Gasteiger partial charge in [-0.2, -0.15) is 0 Å². The van der Waals surface area contributed by atoms with E-state index >= 15 is 0 Å². The first-order chi connectivity index (χ1) is 12.0. The van der Waals surface area contributed by atoms with Gasteiger partial charge in [-0.1, -0.05) is 0 Å². The van der Waals surface area contributed by atoms with Crippen LogP contribution in [0.3, 0.4) is 0 Å². The molecule has 3 N–H and O–H groups in total. The Morgan fingerprint density at radius 1 is 1.08 bits per heavy atom. The highest BCUT2D eigenvalue weighted by atomic mass is 16.5. The van der Waals surface area contributed by atoms with E-state index in [4.69, 9.17) is 10.5 Å². The van der Waals surface area contributed by atoms with E-state index < -0.39 is 18.1 Å². The fourth-order valence-electron chi connectivity index (χ4n) is 3.42. The van der Waals surface area contributed by atoms with Crippen molar-refractivity contribution in [3.63, 3.8) is 0 Å². The number of hydrogen-bond donors (Lipinski definition) is 2. The van der Waals surface area contributed by atoms with Crippen molar-refractivity contribution in [1.82, 2.24) is 15.1 Å². The van der Waals surface area contributed by atoms with Crippen LogP contribution in [0, 0.1) is 0 Å². The van der Waals surface area contributed by atoms with Crippen LogP contribution in [-0.2, 0) is 23.9 Å². The molecular formula is C16H26N4O5. The number of rotatable bonds is 6. The predicted molar refractivity (Wildman–Crippen MR) is 88.2 cm³/mol. The summed E-state index contributed by atoms with van der Waals surface area (Å²) in [5.74, 6) is -1.35. The summed E-state index contributed by atoms with van der Waals surface area (Å²) in [4.78, 5) is 51.5. The van der Waals surface area contributed by atoms with Crippen molar-refractivity contribution < 1.29 is 23.9 Å². The Bertz CT molecular complexity index is 539. The Labute approximate surface area is 146 Å². The molecule has 140 valence electrons. The number of nitrogens with one attached hydrogen (secondary N) is 1. The lowest BCUT2D eigenvalue weighted by Crippen LogP contribution is -2.54. The summed E-state index contributed by atoms with van der Waals surface area (Å²) in [5.41, 5.74) is 5.41. The number of ether oxygens (including phenoxy) is 1. The molecule has 0 radical (unpaired) electrons. The maximum atomic E-state index is 12.9. The molecule has 2 fully saturated rings. The third-order valence-electron chi connectivity index (χ3n) is 4.58. The van der Waals surface area contributed by atoms with Gasteiger partial charge in [0.05, 0.1) is 13.2 Å². The zero-order chi connectivity index (χ0) is 18.4. The van der Waals surface area contributed by atoms with Crippen molar-refractivity contribution in [3.8, 4) is 0 Å². The fourth-order valence-corrected chi connectivity index (χ4v) is 3.42. The van der Waals surface area contributed by atoms with Crippen molar-refractivity contribution in [1.29, 1.82) is 0 Å². The van der Waals surface area contributed by atoms with E-state index in [1.165, 1.54) is 9.80 Å². The highest BCUT2D eigenvalue weighted by molar-refractivity contribution is 5.94. The molecule has 2 atom stereocenters. The molecule has 2 saturated heterocycles. The Balaban J connectivity index is 1.97. The van der Waals surface area contributed by atoms with Crippen LogP contribution in [0.2, 0.25) is 0 Å².